The van der Waals surface area contributed by atoms with E-state index in [1.54, 1.807) is 0 Å². The number of hydrogen-bond donors (Lipinski definition) is 0. The second kappa shape index (κ2) is 8.86. The summed E-state index contributed by atoms with van der Waals surface area (Å²) < 4.78 is 31.1. The van der Waals surface area contributed by atoms with Crippen molar-refractivity contribution in [1.82, 2.24) is 0 Å². The summed E-state index contributed by atoms with van der Waals surface area (Å²) in [5.74, 6) is -0.361. The van der Waals surface area contributed by atoms with Crippen LogP contribution in [0.5, 0.6) is 0 Å². The van der Waals surface area contributed by atoms with Crippen molar-refractivity contribution in [2.45, 2.75) is 18.9 Å². The number of hydrogen-bond acceptors (Lipinski definition) is 6. The third kappa shape index (κ3) is 3.97. The van der Waals surface area contributed by atoms with Gasteiger partial charge in [0.1, 0.15) is 5.92 Å². The van der Waals surface area contributed by atoms with E-state index in [9.17, 15) is 0 Å². The lowest BCUT2D eigenvalue weighted by Crippen LogP contribution is -2.45. The van der Waals surface area contributed by atoms with Crippen LogP contribution in [0.15, 0.2) is 0 Å². The normalized spacial score (nSPS) is 12.4. The Hall–Kier alpha value is -0.240. The van der Waals surface area contributed by atoms with Crippen molar-refractivity contribution in [3.05, 3.63) is 0 Å². The molecule has 0 aliphatic carbocycles. The van der Waals surface area contributed by atoms with Crippen LogP contribution in [-0.2, 0) is 28.4 Å². The maximum Gasteiger partial charge on any atom is 0.169 e. The van der Waals surface area contributed by atoms with Crippen LogP contribution in [0.4, 0.5) is 0 Å². The molecule has 0 atom stereocenters. The van der Waals surface area contributed by atoms with Gasteiger partial charge in [0.2, 0.25) is 0 Å². The molecule has 0 saturated carbocycles. The average Bonchev–Trinajstić information content (AvgIpc) is 2.33. The number of ether oxygens (including phenoxy) is 6. The molecule has 0 aromatic carbocycles. The fourth-order valence-corrected chi connectivity index (χ4v) is 1.62. The Balaban J connectivity index is 4.84. The molecular formula is C10H22O6. The van der Waals surface area contributed by atoms with Gasteiger partial charge in [0, 0.05) is 42.7 Å². The second-order valence-corrected chi connectivity index (χ2v) is 3.10. The van der Waals surface area contributed by atoms with Crippen molar-refractivity contribution >= 4 is 0 Å². The van der Waals surface area contributed by atoms with E-state index < -0.39 is 18.9 Å². The zero-order valence-electron chi connectivity index (χ0n) is 10.8. The molecule has 0 aliphatic rings. The molecule has 0 fully saturated rings. The van der Waals surface area contributed by atoms with Crippen molar-refractivity contribution in [3.8, 4) is 0 Å². The van der Waals surface area contributed by atoms with E-state index in [1.807, 2.05) is 0 Å². The van der Waals surface area contributed by atoms with E-state index >= 15 is 0 Å². The summed E-state index contributed by atoms with van der Waals surface area (Å²) in [6.07, 6.45) is -1.64. The van der Waals surface area contributed by atoms with Crippen molar-refractivity contribution in [2.24, 2.45) is 5.92 Å². The third-order valence-corrected chi connectivity index (χ3v) is 2.34. The molecule has 6 nitrogen and oxygen atoms in total. The Kier molecular flexibility index (Phi) is 8.73. The molecule has 0 aromatic rings. The fourth-order valence-electron chi connectivity index (χ4n) is 1.62. The SMILES string of the molecule is COC(OC)C(C(OC)OC)C(OC)OC. The zero-order valence-corrected chi connectivity index (χ0v) is 10.8. The molecule has 0 radical (unpaired) electrons. The molecule has 0 aliphatic heterocycles. The summed E-state index contributed by atoms with van der Waals surface area (Å²) in [4.78, 5) is 0. The molecule has 0 heterocycles. The fraction of sp³-hybridized carbons (Fsp3) is 1.00. The molecular weight excluding hydrogens is 216 g/mol. The third-order valence-electron chi connectivity index (χ3n) is 2.34. The van der Waals surface area contributed by atoms with E-state index in [2.05, 4.69) is 0 Å². The largest absolute Gasteiger partial charge is 0.355 e. The van der Waals surface area contributed by atoms with Gasteiger partial charge in [0.25, 0.3) is 0 Å². The molecule has 0 spiro atoms. The van der Waals surface area contributed by atoms with Gasteiger partial charge in [0.05, 0.1) is 0 Å². The maximum absolute atomic E-state index is 5.19. The molecule has 0 rings (SSSR count). The van der Waals surface area contributed by atoms with E-state index in [-0.39, 0.29) is 5.92 Å². The molecule has 0 saturated heterocycles. The minimum absolute atomic E-state index is 0.361. The number of methoxy groups -OCH3 is 6. The van der Waals surface area contributed by atoms with Crippen molar-refractivity contribution in [2.75, 3.05) is 42.7 Å². The summed E-state index contributed by atoms with van der Waals surface area (Å²) in [6.45, 7) is 0. The highest BCUT2D eigenvalue weighted by molar-refractivity contribution is 4.71. The lowest BCUT2D eigenvalue weighted by atomic mass is 10.1. The van der Waals surface area contributed by atoms with Crippen LogP contribution in [0.1, 0.15) is 0 Å². The summed E-state index contributed by atoms with van der Waals surface area (Å²) in [5, 5.41) is 0. The van der Waals surface area contributed by atoms with Crippen LogP contribution < -0.4 is 0 Å². The van der Waals surface area contributed by atoms with Gasteiger partial charge in [-0.25, -0.2) is 0 Å². The van der Waals surface area contributed by atoms with Crippen LogP contribution in [0, 0.1) is 5.92 Å². The summed E-state index contributed by atoms with van der Waals surface area (Å²) in [5.41, 5.74) is 0. The predicted octanol–water partition coefficient (Wildman–Crippen LogP) is 0.459. The monoisotopic (exact) mass is 238 g/mol. The molecule has 0 aromatic heterocycles. The van der Waals surface area contributed by atoms with Gasteiger partial charge in [-0.1, -0.05) is 0 Å². The van der Waals surface area contributed by atoms with Gasteiger partial charge < -0.3 is 28.4 Å². The molecule has 0 unspecified atom stereocenters. The first-order valence-electron chi connectivity index (χ1n) is 4.86. The quantitative estimate of drug-likeness (QED) is 0.544. The molecule has 0 N–H and O–H groups in total. The first kappa shape index (κ1) is 15.8. The molecule has 0 bridgehead atoms. The first-order chi connectivity index (χ1) is 7.69. The Morgan fingerprint density at radius 2 is 0.625 bits per heavy atom. The van der Waals surface area contributed by atoms with Gasteiger partial charge in [-0.15, -0.1) is 0 Å². The summed E-state index contributed by atoms with van der Waals surface area (Å²) in [6, 6.07) is 0. The van der Waals surface area contributed by atoms with Crippen LogP contribution in [-0.4, -0.2) is 61.5 Å². The molecule has 98 valence electrons. The van der Waals surface area contributed by atoms with E-state index in [0.717, 1.165) is 0 Å². The average molecular weight is 238 g/mol. The Morgan fingerprint density at radius 1 is 0.438 bits per heavy atom. The minimum Gasteiger partial charge on any atom is -0.355 e. The predicted molar refractivity (Wildman–Crippen MR) is 56.9 cm³/mol. The molecule has 6 heteroatoms. The highest BCUT2D eigenvalue weighted by Gasteiger charge is 2.38. The van der Waals surface area contributed by atoms with Crippen LogP contribution >= 0.6 is 0 Å². The molecule has 0 amide bonds. The molecule has 16 heavy (non-hydrogen) atoms. The van der Waals surface area contributed by atoms with E-state index in [4.69, 9.17) is 28.4 Å². The van der Waals surface area contributed by atoms with Gasteiger partial charge in [0.15, 0.2) is 18.9 Å². The Morgan fingerprint density at radius 3 is 0.750 bits per heavy atom. The standard InChI is InChI=1S/C10H22O6/c1-11-8(12-2)7(9(13-3)14-4)10(15-5)16-6/h7-10H,1-6H3. The zero-order chi connectivity index (χ0) is 12.6. The van der Waals surface area contributed by atoms with Gasteiger partial charge in [-0.05, 0) is 0 Å². The highest BCUT2D eigenvalue weighted by atomic mass is 16.7. The van der Waals surface area contributed by atoms with Crippen LogP contribution in [0.2, 0.25) is 0 Å². The van der Waals surface area contributed by atoms with Crippen molar-refractivity contribution < 1.29 is 28.4 Å². The summed E-state index contributed by atoms with van der Waals surface area (Å²) in [7, 11) is 9.20. The lowest BCUT2D eigenvalue weighted by molar-refractivity contribution is -0.286. The Bertz CT molecular complexity index is 125. The summed E-state index contributed by atoms with van der Waals surface area (Å²) >= 11 is 0. The highest BCUT2D eigenvalue weighted by Crippen LogP contribution is 2.22. The van der Waals surface area contributed by atoms with Gasteiger partial charge in [-0.3, -0.25) is 0 Å². The maximum atomic E-state index is 5.19. The first-order valence-corrected chi connectivity index (χ1v) is 4.86. The smallest absolute Gasteiger partial charge is 0.169 e. The van der Waals surface area contributed by atoms with Crippen molar-refractivity contribution in [1.29, 1.82) is 0 Å². The number of rotatable bonds is 9. The topological polar surface area (TPSA) is 55.4 Å². The minimum atomic E-state index is -0.546. The van der Waals surface area contributed by atoms with Crippen LogP contribution in [0.25, 0.3) is 0 Å². The Labute approximate surface area is 96.7 Å². The van der Waals surface area contributed by atoms with Gasteiger partial charge >= 0.3 is 0 Å². The lowest BCUT2D eigenvalue weighted by Gasteiger charge is -2.34. The van der Waals surface area contributed by atoms with E-state index in [1.165, 1.54) is 42.7 Å². The van der Waals surface area contributed by atoms with Crippen LogP contribution in [0.3, 0.4) is 0 Å². The van der Waals surface area contributed by atoms with E-state index in [0.29, 0.717) is 0 Å². The second-order valence-electron chi connectivity index (χ2n) is 3.10. The van der Waals surface area contributed by atoms with Crippen molar-refractivity contribution in [3.63, 3.8) is 0 Å². The van der Waals surface area contributed by atoms with Gasteiger partial charge in [-0.2, -0.15) is 0 Å².